The standard InChI is InChI=1S/C22H25FN4O3S/c1-13-11-29-7-5-26(13)18-10-19(27-6-8-30-12-14(27)2)24-22-20(18)25-21(31-22)16-9-15(28)3-4-17(16)23/h3-4,9-10,13-14,28H,5-8,11-12H2,1-2H3/t13-,14+/m1/s1. The van der Waals surface area contributed by atoms with Gasteiger partial charge in [-0.15, -0.1) is 0 Å². The number of ether oxygens (including phenoxy) is 2. The smallest absolute Gasteiger partial charge is 0.148 e. The topological polar surface area (TPSA) is 71.0 Å². The number of thiazole rings is 1. The maximum absolute atomic E-state index is 14.5. The van der Waals surface area contributed by atoms with Gasteiger partial charge in [-0.2, -0.15) is 0 Å². The van der Waals surface area contributed by atoms with Gasteiger partial charge in [0.2, 0.25) is 0 Å². The number of hydrogen-bond donors (Lipinski definition) is 1. The van der Waals surface area contributed by atoms with Crippen LogP contribution in [0.2, 0.25) is 0 Å². The Labute approximate surface area is 184 Å². The highest BCUT2D eigenvalue weighted by Crippen LogP contribution is 2.39. The van der Waals surface area contributed by atoms with Crippen LogP contribution >= 0.6 is 11.3 Å². The van der Waals surface area contributed by atoms with E-state index in [4.69, 9.17) is 19.4 Å². The number of rotatable bonds is 3. The Balaban J connectivity index is 1.67. The molecule has 2 aromatic heterocycles. The van der Waals surface area contributed by atoms with E-state index < -0.39 is 5.82 Å². The van der Waals surface area contributed by atoms with Crippen LogP contribution in [0.1, 0.15) is 13.8 Å². The molecule has 0 bridgehead atoms. The van der Waals surface area contributed by atoms with E-state index in [0.717, 1.165) is 34.9 Å². The summed E-state index contributed by atoms with van der Waals surface area (Å²) in [6.07, 6.45) is 0. The van der Waals surface area contributed by atoms with Crippen molar-refractivity contribution in [2.75, 3.05) is 49.3 Å². The minimum atomic E-state index is -0.417. The fourth-order valence-corrected chi connectivity index (χ4v) is 5.17. The van der Waals surface area contributed by atoms with Gasteiger partial charge in [0.15, 0.2) is 0 Å². The van der Waals surface area contributed by atoms with E-state index in [-0.39, 0.29) is 23.4 Å². The van der Waals surface area contributed by atoms with Gasteiger partial charge in [-0.3, -0.25) is 0 Å². The zero-order valence-electron chi connectivity index (χ0n) is 17.5. The van der Waals surface area contributed by atoms with E-state index in [1.807, 2.05) is 0 Å². The number of aromatic hydroxyl groups is 1. The average Bonchev–Trinajstić information content (AvgIpc) is 3.19. The number of fused-ring (bicyclic) bond motifs is 1. The lowest BCUT2D eigenvalue weighted by molar-refractivity contribution is 0.0981. The maximum Gasteiger partial charge on any atom is 0.148 e. The molecule has 2 atom stereocenters. The molecular formula is C22H25FN4O3S. The third kappa shape index (κ3) is 3.81. The molecule has 0 saturated carbocycles. The number of phenols is 1. The number of halogens is 1. The van der Waals surface area contributed by atoms with E-state index in [2.05, 4.69) is 29.7 Å². The minimum Gasteiger partial charge on any atom is -0.508 e. The van der Waals surface area contributed by atoms with Crippen molar-refractivity contribution in [2.24, 2.45) is 0 Å². The molecular weight excluding hydrogens is 419 g/mol. The summed E-state index contributed by atoms with van der Waals surface area (Å²) in [5, 5.41) is 10.4. The predicted molar refractivity (Wildman–Crippen MR) is 120 cm³/mol. The van der Waals surface area contributed by atoms with Gasteiger partial charge in [-0.05, 0) is 32.0 Å². The van der Waals surface area contributed by atoms with E-state index >= 15 is 0 Å². The van der Waals surface area contributed by atoms with Gasteiger partial charge in [0, 0.05) is 30.8 Å². The molecule has 1 N–H and O–H groups in total. The summed E-state index contributed by atoms with van der Waals surface area (Å²) in [5.41, 5.74) is 2.02. The van der Waals surface area contributed by atoms with Gasteiger partial charge in [0.05, 0.1) is 38.2 Å². The van der Waals surface area contributed by atoms with Crippen LogP contribution in [0.25, 0.3) is 20.9 Å². The fourth-order valence-electron chi connectivity index (χ4n) is 4.19. The number of anilines is 2. The van der Waals surface area contributed by atoms with Crippen LogP contribution in [0.15, 0.2) is 24.3 Å². The van der Waals surface area contributed by atoms with E-state index in [1.54, 1.807) is 0 Å². The SMILES string of the molecule is C[C@@H]1COCCN1c1cc(N2CCOC[C@@H]2C)nc2sc(-c3cc(O)ccc3F)nc12. The molecule has 2 aliphatic rings. The Morgan fingerprint density at radius 2 is 1.74 bits per heavy atom. The summed E-state index contributed by atoms with van der Waals surface area (Å²) >= 11 is 1.34. The van der Waals surface area contributed by atoms with Crippen LogP contribution < -0.4 is 9.80 Å². The van der Waals surface area contributed by atoms with Crippen LogP contribution in [0.3, 0.4) is 0 Å². The summed E-state index contributed by atoms with van der Waals surface area (Å²) in [7, 11) is 0. The monoisotopic (exact) mass is 444 g/mol. The summed E-state index contributed by atoms with van der Waals surface area (Å²) < 4.78 is 25.7. The quantitative estimate of drug-likeness (QED) is 0.661. The van der Waals surface area contributed by atoms with E-state index in [0.29, 0.717) is 31.4 Å². The molecule has 7 nitrogen and oxygen atoms in total. The number of benzene rings is 1. The summed E-state index contributed by atoms with van der Waals surface area (Å²) in [5.74, 6) is 0.470. The Bertz CT molecular complexity index is 1110. The largest absolute Gasteiger partial charge is 0.508 e. The zero-order valence-corrected chi connectivity index (χ0v) is 18.4. The molecule has 2 saturated heterocycles. The Kier molecular flexibility index (Phi) is 5.41. The molecule has 5 rings (SSSR count). The molecule has 1 aromatic carbocycles. The van der Waals surface area contributed by atoms with Gasteiger partial charge >= 0.3 is 0 Å². The van der Waals surface area contributed by atoms with E-state index in [9.17, 15) is 9.50 Å². The molecule has 0 spiro atoms. The normalized spacial score (nSPS) is 22.3. The number of phenolic OH excluding ortho intramolecular Hbond substituents is 1. The second-order valence-electron chi connectivity index (χ2n) is 8.07. The first-order chi connectivity index (χ1) is 15.0. The Morgan fingerprint density at radius 1 is 1.03 bits per heavy atom. The third-order valence-electron chi connectivity index (χ3n) is 5.85. The third-order valence-corrected chi connectivity index (χ3v) is 6.84. The van der Waals surface area contributed by atoms with E-state index in [1.165, 1.54) is 29.5 Å². The molecule has 3 aromatic rings. The van der Waals surface area contributed by atoms with Gasteiger partial charge in [0.25, 0.3) is 0 Å². The summed E-state index contributed by atoms with van der Waals surface area (Å²) in [6, 6.07) is 6.50. The summed E-state index contributed by atoms with van der Waals surface area (Å²) in [6.45, 7) is 8.39. The van der Waals surface area contributed by atoms with Crippen LogP contribution in [0.5, 0.6) is 5.75 Å². The van der Waals surface area contributed by atoms with Crippen molar-refractivity contribution in [1.82, 2.24) is 9.97 Å². The number of hydrogen-bond acceptors (Lipinski definition) is 8. The van der Waals surface area contributed by atoms with Gasteiger partial charge in [-0.1, -0.05) is 11.3 Å². The van der Waals surface area contributed by atoms with Crippen molar-refractivity contribution in [3.8, 4) is 16.3 Å². The highest BCUT2D eigenvalue weighted by Gasteiger charge is 2.27. The van der Waals surface area contributed by atoms with Gasteiger partial charge in [0.1, 0.15) is 32.7 Å². The first-order valence-corrected chi connectivity index (χ1v) is 11.3. The molecule has 0 aliphatic carbocycles. The van der Waals surface area contributed by atoms with Crippen LogP contribution in [0, 0.1) is 5.82 Å². The molecule has 0 radical (unpaired) electrons. The number of pyridine rings is 1. The lowest BCUT2D eigenvalue weighted by Gasteiger charge is -2.37. The van der Waals surface area contributed by atoms with Crippen molar-refractivity contribution < 1.29 is 19.0 Å². The predicted octanol–water partition coefficient (Wildman–Crippen LogP) is 3.65. The molecule has 164 valence electrons. The first kappa shape index (κ1) is 20.4. The molecule has 31 heavy (non-hydrogen) atoms. The number of aromatic nitrogens is 2. The molecule has 2 aliphatic heterocycles. The Morgan fingerprint density at radius 3 is 2.45 bits per heavy atom. The lowest BCUT2D eigenvalue weighted by Crippen LogP contribution is -2.45. The van der Waals surface area contributed by atoms with Crippen molar-refractivity contribution in [1.29, 1.82) is 0 Å². The first-order valence-electron chi connectivity index (χ1n) is 10.5. The molecule has 4 heterocycles. The highest BCUT2D eigenvalue weighted by atomic mass is 32.1. The van der Waals surface area contributed by atoms with Gasteiger partial charge < -0.3 is 24.4 Å². The zero-order chi connectivity index (χ0) is 21.5. The van der Waals surface area contributed by atoms with Crippen molar-refractivity contribution in [3.05, 3.63) is 30.1 Å². The molecule has 9 heteroatoms. The van der Waals surface area contributed by atoms with Crippen molar-refractivity contribution >= 4 is 33.2 Å². The molecule has 0 unspecified atom stereocenters. The van der Waals surface area contributed by atoms with Crippen LogP contribution in [-0.4, -0.2) is 66.7 Å². The number of nitrogens with zero attached hydrogens (tertiary/aromatic N) is 4. The second kappa shape index (κ2) is 8.22. The van der Waals surface area contributed by atoms with Crippen molar-refractivity contribution in [3.63, 3.8) is 0 Å². The maximum atomic E-state index is 14.5. The van der Waals surface area contributed by atoms with Crippen LogP contribution in [-0.2, 0) is 9.47 Å². The molecule has 0 amide bonds. The minimum absolute atomic E-state index is 0.00784. The summed E-state index contributed by atoms with van der Waals surface area (Å²) in [4.78, 5) is 15.0. The molecule has 2 fully saturated rings. The lowest BCUT2D eigenvalue weighted by atomic mass is 10.2. The Hall–Kier alpha value is -2.49. The highest BCUT2D eigenvalue weighted by molar-refractivity contribution is 7.21. The van der Waals surface area contributed by atoms with Gasteiger partial charge in [-0.25, -0.2) is 14.4 Å². The van der Waals surface area contributed by atoms with Crippen molar-refractivity contribution in [2.45, 2.75) is 25.9 Å². The second-order valence-corrected chi connectivity index (χ2v) is 9.05. The number of morpholine rings is 2. The van der Waals surface area contributed by atoms with Crippen LogP contribution in [0.4, 0.5) is 15.9 Å². The fraction of sp³-hybridized carbons (Fsp3) is 0.455. The average molecular weight is 445 g/mol.